The monoisotopic (exact) mass is 246 g/mol. The zero-order valence-electron chi connectivity index (χ0n) is 11.0. The molecule has 98 valence electrons. The molecule has 0 amide bonds. The van der Waals surface area contributed by atoms with Gasteiger partial charge in [-0.1, -0.05) is 0 Å². The van der Waals surface area contributed by atoms with Crippen molar-refractivity contribution >= 4 is 11.5 Å². The molecule has 4 heteroatoms. The first-order chi connectivity index (χ1) is 8.72. The van der Waals surface area contributed by atoms with E-state index in [1.54, 1.807) is 6.20 Å². The van der Waals surface area contributed by atoms with E-state index < -0.39 is 0 Å². The maximum Gasteiger partial charge on any atom is 0.129 e. The number of rotatable bonds is 2. The molecule has 18 heavy (non-hydrogen) atoms. The van der Waals surface area contributed by atoms with E-state index in [0.29, 0.717) is 6.04 Å². The Labute approximate surface area is 109 Å². The van der Waals surface area contributed by atoms with Crippen LogP contribution >= 0.6 is 0 Å². The summed E-state index contributed by atoms with van der Waals surface area (Å²) < 4.78 is 0. The number of piperidine rings is 1. The van der Waals surface area contributed by atoms with Crippen LogP contribution in [0.4, 0.5) is 11.5 Å². The minimum absolute atomic E-state index is 0.569. The Bertz CT molecular complexity index is 432. The van der Waals surface area contributed by atoms with Crippen molar-refractivity contribution in [1.29, 1.82) is 0 Å². The molecule has 0 bridgehead atoms. The smallest absolute Gasteiger partial charge is 0.129 e. The average Bonchev–Trinajstić information content (AvgIpc) is 2.80. The molecule has 0 aliphatic carbocycles. The van der Waals surface area contributed by atoms with Crippen LogP contribution in [0.1, 0.15) is 31.2 Å². The molecule has 0 saturated carbocycles. The van der Waals surface area contributed by atoms with Crippen molar-refractivity contribution in [3.05, 3.63) is 17.8 Å². The van der Waals surface area contributed by atoms with E-state index in [1.165, 1.54) is 38.8 Å². The molecule has 1 aromatic heterocycles. The van der Waals surface area contributed by atoms with Crippen LogP contribution in [0.2, 0.25) is 0 Å². The van der Waals surface area contributed by atoms with Gasteiger partial charge in [0.05, 0.1) is 11.9 Å². The zero-order valence-corrected chi connectivity index (χ0v) is 11.0. The molecular formula is C14H22N4. The summed E-state index contributed by atoms with van der Waals surface area (Å²) in [5.41, 5.74) is 7.62. The number of fused-ring (bicyclic) bond motifs is 1. The maximum atomic E-state index is 5.73. The van der Waals surface area contributed by atoms with Crippen LogP contribution in [0.3, 0.4) is 0 Å². The Hall–Kier alpha value is -1.29. The maximum absolute atomic E-state index is 5.73. The van der Waals surface area contributed by atoms with Crippen LogP contribution in [0.5, 0.6) is 0 Å². The molecule has 1 aromatic rings. The van der Waals surface area contributed by atoms with E-state index in [2.05, 4.69) is 22.1 Å². The summed E-state index contributed by atoms with van der Waals surface area (Å²) in [6.07, 6.45) is 6.95. The van der Waals surface area contributed by atoms with Gasteiger partial charge >= 0.3 is 0 Å². The number of nitrogens with one attached hydrogen (secondary N) is 1. The summed E-state index contributed by atoms with van der Waals surface area (Å²) in [5, 5.41) is 3.60. The summed E-state index contributed by atoms with van der Waals surface area (Å²) in [5.74, 6) is 1.00. The highest BCUT2D eigenvalue weighted by atomic mass is 15.2. The van der Waals surface area contributed by atoms with Crippen LogP contribution in [-0.2, 0) is 0 Å². The fourth-order valence-electron chi connectivity index (χ4n) is 3.30. The number of anilines is 2. The Balaban J connectivity index is 1.66. The van der Waals surface area contributed by atoms with Crippen molar-refractivity contribution in [3.63, 3.8) is 0 Å². The van der Waals surface area contributed by atoms with Crippen molar-refractivity contribution in [3.8, 4) is 0 Å². The molecule has 2 atom stereocenters. The molecule has 2 fully saturated rings. The summed E-state index contributed by atoms with van der Waals surface area (Å²) >= 11 is 0. The second kappa shape index (κ2) is 4.76. The van der Waals surface area contributed by atoms with Gasteiger partial charge in [-0.3, -0.25) is 0 Å². The highest BCUT2D eigenvalue weighted by molar-refractivity contribution is 5.51. The second-order valence-electron chi connectivity index (χ2n) is 5.63. The Morgan fingerprint density at radius 3 is 3.11 bits per heavy atom. The third-order valence-electron chi connectivity index (χ3n) is 4.26. The fourth-order valence-corrected chi connectivity index (χ4v) is 3.30. The van der Waals surface area contributed by atoms with Gasteiger partial charge in [-0.15, -0.1) is 0 Å². The van der Waals surface area contributed by atoms with Crippen molar-refractivity contribution in [2.24, 2.45) is 0 Å². The molecule has 3 heterocycles. The molecule has 4 nitrogen and oxygen atoms in total. The molecule has 2 aliphatic rings. The normalized spacial score (nSPS) is 28.1. The molecule has 3 N–H and O–H groups in total. The van der Waals surface area contributed by atoms with Crippen LogP contribution < -0.4 is 11.1 Å². The van der Waals surface area contributed by atoms with Gasteiger partial charge in [0.15, 0.2) is 0 Å². The minimum atomic E-state index is 0.569. The van der Waals surface area contributed by atoms with Crippen LogP contribution in [0.15, 0.2) is 12.3 Å². The molecule has 0 aromatic carbocycles. The average molecular weight is 246 g/mol. The van der Waals surface area contributed by atoms with E-state index in [-0.39, 0.29) is 0 Å². The molecule has 2 unspecified atom stereocenters. The Morgan fingerprint density at radius 1 is 1.39 bits per heavy atom. The molecule has 2 saturated heterocycles. The third-order valence-corrected chi connectivity index (χ3v) is 4.26. The predicted octanol–water partition coefficient (Wildman–Crippen LogP) is 2.01. The van der Waals surface area contributed by atoms with Crippen molar-refractivity contribution in [2.45, 2.75) is 44.7 Å². The quantitative estimate of drug-likeness (QED) is 0.838. The molecular weight excluding hydrogens is 224 g/mol. The van der Waals surface area contributed by atoms with Crippen molar-refractivity contribution in [2.75, 3.05) is 24.1 Å². The Kier molecular flexibility index (Phi) is 3.12. The highest BCUT2D eigenvalue weighted by Gasteiger charge is 2.31. The number of pyridine rings is 1. The first kappa shape index (κ1) is 11.8. The van der Waals surface area contributed by atoms with Gasteiger partial charge in [0.1, 0.15) is 5.82 Å². The van der Waals surface area contributed by atoms with Gasteiger partial charge in [0.2, 0.25) is 0 Å². The molecule has 0 spiro atoms. The number of nitrogens with two attached hydrogens (primary N) is 1. The molecule has 2 aliphatic heterocycles. The van der Waals surface area contributed by atoms with Gasteiger partial charge < -0.3 is 16.0 Å². The largest absolute Gasteiger partial charge is 0.397 e. The van der Waals surface area contributed by atoms with Gasteiger partial charge in [0.25, 0.3) is 0 Å². The number of hydrogen-bond donors (Lipinski definition) is 2. The number of aryl methyl sites for hydroxylation is 1. The fraction of sp³-hybridized carbons (Fsp3) is 0.643. The second-order valence-corrected chi connectivity index (χ2v) is 5.63. The van der Waals surface area contributed by atoms with Crippen molar-refractivity contribution < 1.29 is 0 Å². The summed E-state index contributed by atoms with van der Waals surface area (Å²) in [4.78, 5) is 7.05. The first-order valence-corrected chi connectivity index (χ1v) is 6.95. The minimum Gasteiger partial charge on any atom is -0.397 e. The number of nitrogens with zero attached hydrogens (tertiary/aromatic N) is 2. The van der Waals surface area contributed by atoms with Crippen LogP contribution in [-0.4, -0.2) is 35.1 Å². The van der Waals surface area contributed by atoms with Crippen molar-refractivity contribution in [1.82, 2.24) is 9.88 Å². The van der Waals surface area contributed by atoms with Gasteiger partial charge in [0, 0.05) is 18.6 Å². The summed E-state index contributed by atoms with van der Waals surface area (Å²) in [7, 11) is 0. The lowest BCUT2D eigenvalue weighted by atomic mass is 9.97. The highest BCUT2D eigenvalue weighted by Crippen LogP contribution is 2.28. The third kappa shape index (κ3) is 2.29. The Morgan fingerprint density at radius 2 is 2.28 bits per heavy atom. The van der Waals surface area contributed by atoms with E-state index in [1.807, 2.05) is 6.07 Å². The predicted molar refractivity (Wildman–Crippen MR) is 74.6 cm³/mol. The van der Waals surface area contributed by atoms with Gasteiger partial charge in [-0.05, 0) is 50.8 Å². The first-order valence-electron chi connectivity index (χ1n) is 6.95. The topological polar surface area (TPSA) is 54.2 Å². The van der Waals surface area contributed by atoms with E-state index in [0.717, 1.165) is 23.1 Å². The number of aromatic nitrogens is 1. The molecule has 0 radical (unpaired) electrons. The van der Waals surface area contributed by atoms with Crippen LogP contribution in [0.25, 0.3) is 0 Å². The van der Waals surface area contributed by atoms with Gasteiger partial charge in [-0.2, -0.15) is 0 Å². The van der Waals surface area contributed by atoms with E-state index >= 15 is 0 Å². The zero-order chi connectivity index (χ0) is 12.5. The van der Waals surface area contributed by atoms with Gasteiger partial charge in [-0.25, -0.2) is 4.98 Å². The lowest BCUT2D eigenvalue weighted by molar-refractivity contribution is 0.188. The number of nitrogen functional groups attached to an aromatic ring is 1. The number of hydrogen-bond acceptors (Lipinski definition) is 4. The van der Waals surface area contributed by atoms with Crippen LogP contribution in [0, 0.1) is 6.92 Å². The molecule has 3 rings (SSSR count). The standard InChI is InChI=1S/C14H22N4/c1-10-7-11(15)9-16-14(10)17-12-4-6-18-5-2-3-13(18)8-12/h7,9,12-13H,2-6,8,15H2,1H3,(H,16,17). The lowest BCUT2D eigenvalue weighted by Crippen LogP contribution is -2.42. The van der Waals surface area contributed by atoms with E-state index in [9.17, 15) is 0 Å². The SMILES string of the molecule is Cc1cc(N)cnc1NC1CCN2CCCC2C1. The summed E-state index contributed by atoms with van der Waals surface area (Å²) in [6.45, 7) is 4.60. The van der Waals surface area contributed by atoms with E-state index in [4.69, 9.17) is 5.73 Å². The lowest BCUT2D eigenvalue weighted by Gasteiger charge is -2.35. The summed E-state index contributed by atoms with van der Waals surface area (Å²) in [6, 6.07) is 3.35.